The van der Waals surface area contributed by atoms with Gasteiger partial charge >= 0.3 is 0 Å². The maximum Gasteiger partial charge on any atom is 0.158 e. The molecule has 2 N–H and O–H groups in total. The van der Waals surface area contributed by atoms with Crippen molar-refractivity contribution in [1.29, 1.82) is 0 Å². The molecule has 0 spiro atoms. The average molecular weight is 554 g/mol. The van der Waals surface area contributed by atoms with Crippen LogP contribution >= 0.6 is 17.2 Å². The molecule has 3 atom stereocenters. The van der Waals surface area contributed by atoms with E-state index >= 15 is 0 Å². The van der Waals surface area contributed by atoms with E-state index in [0.29, 0.717) is 12.6 Å². The molecular formula is C28H61NO5P2. The lowest BCUT2D eigenvalue weighted by Crippen LogP contribution is -2.25. The zero-order valence-corrected chi connectivity index (χ0v) is 26.9. The van der Waals surface area contributed by atoms with E-state index in [1.54, 1.807) is 0 Å². The van der Waals surface area contributed by atoms with Crippen LogP contribution in [0.15, 0.2) is 0 Å². The molecule has 36 heavy (non-hydrogen) atoms. The van der Waals surface area contributed by atoms with Gasteiger partial charge in [-0.05, 0) is 112 Å². The van der Waals surface area contributed by atoms with Gasteiger partial charge in [-0.1, -0.05) is 6.42 Å². The van der Waals surface area contributed by atoms with E-state index in [2.05, 4.69) is 55.4 Å². The fraction of sp³-hybridized carbons (Fsp3) is 1.00. The highest BCUT2D eigenvalue weighted by atomic mass is 31.1. The monoisotopic (exact) mass is 553 g/mol. The second kappa shape index (κ2) is 24.6. The minimum absolute atomic E-state index is 0.0668. The van der Waals surface area contributed by atoms with E-state index in [1.807, 2.05) is 0 Å². The molecule has 0 saturated carbocycles. The molecule has 0 aromatic carbocycles. The van der Waals surface area contributed by atoms with Crippen molar-refractivity contribution >= 4 is 17.2 Å². The third kappa shape index (κ3) is 24.9. The second-order valence-corrected chi connectivity index (χ2v) is 13.6. The molecule has 0 bridgehead atoms. The number of hydrogen-bond acceptors (Lipinski definition) is 6. The van der Waals surface area contributed by atoms with Gasteiger partial charge < -0.3 is 29.4 Å². The molecule has 0 rings (SSSR count). The van der Waals surface area contributed by atoms with Gasteiger partial charge in [0, 0.05) is 19.4 Å². The molecule has 0 aromatic heterocycles. The number of ether oxygens (including phenoxy) is 5. The standard InChI is InChI=1S/C28H61NO5P2/c1-22(2)31-27(32-23(3)4)14-20-35-18-10-9-12-26(30-17-11-16-29)13-19-36-21-15-28(33-24(5)6)34-25(7)8/h22-28,35-36H,9-21,29H2,1-8H3. The summed E-state index contributed by atoms with van der Waals surface area (Å²) in [6.45, 7) is 18.1. The van der Waals surface area contributed by atoms with Crippen molar-refractivity contribution in [2.75, 3.05) is 37.8 Å². The van der Waals surface area contributed by atoms with Gasteiger partial charge in [-0.2, -0.15) is 0 Å². The van der Waals surface area contributed by atoms with Crippen LogP contribution in [-0.4, -0.2) is 80.9 Å². The summed E-state index contributed by atoms with van der Waals surface area (Å²) in [6.07, 6.45) is 13.6. The molecule has 218 valence electrons. The van der Waals surface area contributed by atoms with E-state index in [0.717, 1.165) is 62.0 Å². The zero-order valence-electron chi connectivity index (χ0n) is 24.9. The van der Waals surface area contributed by atoms with Crippen LogP contribution in [0.2, 0.25) is 0 Å². The summed E-state index contributed by atoms with van der Waals surface area (Å²) < 4.78 is 29.9. The maximum atomic E-state index is 6.19. The minimum atomic E-state index is -0.0842. The van der Waals surface area contributed by atoms with Crippen LogP contribution in [0.1, 0.15) is 100 Å². The Labute approximate surface area is 227 Å². The third-order valence-corrected chi connectivity index (χ3v) is 7.92. The highest BCUT2D eigenvalue weighted by Crippen LogP contribution is 2.23. The Hall–Kier alpha value is 0.620. The summed E-state index contributed by atoms with van der Waals surface area (Å²) in [5.74, 6) is 0. The number of nitrogens with two attached hydrogens (primary N) is 1. The van der Waals surface area contributed by atoms with Gasteiger partial charge in [0.1, 0.15) is 0 Å². The average Bonchev–Trinajstić information content (AvgIpc) is 2.76. The van der Waals surface area contributed by atoms with Crippen LogP contribution in [0, 0.1) is 0 Å². The molecule has 0 aliphatic carbocycles. The summed E-state index contributed by atoms with van der Waals surface area (Å²) in [5, 5.41) is 0. The summed E-state index contributed by atoms with van der Waals surface area (Å²) in [7, 11) is 1.90. The van der Waals surface area contributed by atoms with Crippen LogP contribution in [0.25, 0.3) is 0 Å². The number of hydrogen-bond donors (Lipinski definition) is 1. The van der Waals surface area contributed by atoms with E-state index in [4.69, 9.17) is 29.4 Å². The lowest BCUT2D eigenvalue weighted by atomic mass is 10.1. The van der Waals surface area contributed by atoms with Crippen LogP contribution < -0.4 is 5.73 Å². The predicted molar refractivity (Wildman–Crippen MR) is 160 cm³/mol. The van der Waals surface area contributed by atoms with Crippen LogP contribution in [0.5, 0.6) is 0 Å². The molecular weight excluding hydrogens is 492 g/mol. The summed E-state index contributed by atoms with van der Waals surface area (Å²) in [5.41, 5.74) is 5.67. The Bertz CT molecular complexity index is 449. The fourth-order valence-corrected chi connectivity index (χ4v) is 6.18. The molecule has 0 saturated heterocycles. The second-order valence-electron chi connectivity index (χ2n) is 10.6. The van der Waals surface area contributed by atoms with Gasteiger partial charge in [0.05, 0.1) is 30.5 Å². The predicted octanol–water partition coefficient (Wildman–Crippen LogP) is 6.77. The molecule has 6 nitrogen and oxygen atoms in total. The van der Waals surface area contributed by atoms with Crippen LogP contribution in [-0.2, 0) is 23.7 Å². The Morgan fingerprint density at radius 1 is 0.528 bits per heavy atom. The molecule has 0 radical (unpaired) electrons. The molecule has 0 heterocycles. The minimum Gasteiger partial charge on any atom is -0.378 e. The van der Waals surface area contributed by atoms with Crippen molar-refractivity contribution in [3.63, 3.8) is 0 Å². The Kier molecular flexibility index (Phi) is 25.1. The Balaban J connectivity index is 4.16. The van der Waals surface area contributed by atoms with Gasteiger partial charge in [-0.3, -0.25) is 0 Å². The number of unbranched alkanes of at least 4 members (excludes halogenated alkanes) is 1. The topological polar surface area (TPSA) is 72.2 Å². The zero-order chi connectivity index (χ0) is 27.2. The lowest BCUT2D eigenvalue weighted by Gasteiger charge is -2.23. The van der Waals surface area contributed by atoms with E-state index in [9.17, 15) is 0 Å². The van der Waals surface area contributed by atoms with Crippen molar-refractivity contribution < 1.29 is 23.7 Å². The van der Waals surface area contributed by atoms with Crippen LogP contribution in [0.4, 0.5) is 0 Å². The Morgan fingerprint density at radius 3 is 1.42 bits per heavy atom. The normalized spacial score (nSPS) is 14.1. The highest BCUT2D eigenvalue weighted by Gasteiger charge is 2.15. The van der Waals surface area contributed by atoms with Crippen molar-refractivity contribution in [3.8, 4) is 0 Å². The highest BCUT2D eigenvalue weighted by molar-refractivity contribution is 7.38. The molecule has 0 amide bonds. The van der Waals surface area contributed by atoms with Crippen molar-refractivity contribution in [3.05, 3.63) is 0 Å². The first kappa shape index (κ1) is 36.6. The van der Waals surface area contributed by atoms with Crippen molar-refractivity contribution in [2.24, 2.45) is 5.73 Å². The van der Waals surface area contributed by atoms with Gasteiger partial charge in [0.15, 0.2) is 12.6 Å². The molecule has 0 aliphatic rings. The largest absolute Gasteiger partial charge is 0.378 e. The molecule has 8 heteroatoms. The van der Waals surface area contributed by atoms with Crippen molar-refractivity contribution in [1.82, 2.24) is 0 Å². The summed E-state index contributed by atoms with van der Waals surface area (Å²) in [4.78, 5) is 0. The summed E-state index contributed by atoms with van der Waals surface area (Å²) in [6, 6.07) is 0. The van der Waals surface area contributed by atoms with Gasteiger partial charge in [0.25, 0.3) is 0 Å². The summed E-state index contributed by atoms with van der Waals surface area (Å²) >= 11 is 0. The van der Waals surface area contributed by atoms with E-state index in [-0.39, 0.29) is 37.0 Å². The van der Waals surface area contributed by atoms with Crippen molar-refractivity contribution in [2.45, 2.75) is 143 Å². The smallest absolute Gasteiger partial charge is 0.158 e. The molecule has 0 aromatic rings. The van der Waals surface area contributed by atoms with E-state index in [1.165, 1.54) is 31.3 Å². The Morgan fingerprint density at radius 2 is 0.972 bits per heavy atom. The first-order valence-electron chi connectivity index (χ1n) is 14.5. The van der Waals surface area contributed by atoms with Gasteiger partial charge in [-0.15, -0.1) is 17.2 Å². The molecule has 3 unspecified atom stereocenters. The fourth-order valence-electron chi connectivity index (χ4n) is 3.77. The quantitative estimate of drug-likeness (QED) is 0.0724. The lowest BCUT2D eigenvalue weighted by molar-refractivity contribution is -0.181. The van der Waals surface area contributed by atoms with Gasteiger partial charge in [-0.25, -0.2) is 0 Å². The SMILES string of the molecule is CC(C)OC(CCPCCCCC(CCPCCC(OC(C)C)OC(C)C)OCCCN)OC(C)C. The molecule has 0 aliphatic heterocycles. The number of rotatable bonds is 26. The van der Waals surface area contributed by atoms with Crippen LogP contribution in [0.3, 0.4) is 0 Å². The first-order chi connectivity index (χ1) is 17.1. The molecule has 0 fully saturated rings. The maximum absolute atomic E-state index is 6.19. The van der Waals surface area contributed by atoms with E-state index < -0.39 is 0 Å². The third-order valence-electron chi connectivity index (χ3n) is 5.28. The first-order valence-corrected chi connectivity index (χ1v) is 17.3. The van der Waals surface area contributed by atoms with Gasteiger partial charge in [0.2, 0.25) is 0 Å².